The summed E-state index contributed by atoms with van der Waals surface area (Å²) in [7, 11) is 0. The summed E-state index contributed by atoms with van der Waals surface area (Å²) in [6.07, 6.45) is -0.494. The standard InChI is InChI=1S/C13H15ClN2O5/c1-7-2-3-8(14)10(4-7)21-6-12(18)16-9(13(19)20)5-11(15)17/h2-4,9H,5-6H2,1H3,(H2,15,17)(H,16,18)(H,19,20). The van der Waals surface area contributed by atoms with Crippen molar-refractivity contribution in [2.75, 3.05) is 6.61 Å². The summed E-state index contributed by atoms with van der Waals surface area (Å²) in [5.74, 6) is -2.56. The zero-order valence-electron chi connectivity index (χ0n) is 11.3. The van der Waals surface area contributed by atoms with Crippen LogP contribution in [0.5, 0.6) is 5.75 Å². The Hall–Kier alpha value is -2.28. The van der Waals surface area contributed by atoms with E-state index in [1.54, 1.807) is 18.2 Å². The number of carbonyl (C=O) groups is 3. The van der Waals surface area contributed by atoms with E-state index in [0.717, 1.165) is 5.56 Å². The summed E-state index contributed by atoms with van der Waals surface area (Å²) < 4.78 is 5.21. The van der Waals surface area contributed by atoms with E-state index >= 15 is 0 Å². The van der Waals surface area contributed by atoms with Gasteiger partial charge in [0, 0.05) is 0 Å². The van der Waals surface area contributed by atoms with Crippen LogP contribution in [0.2, 0.25) is 5.02 Å². The van der Waals surface area contributed by atoms with Gasteiger partial charge in [-0.2, -0.15) is 0 Å². The predicted octanol–water partition coefficient (Wildman–Crippen LogP) is 0.472. The molecular weight excluding hydrogens is 300 g/mol. The molecular formula is C13H15ClN2O5. The van der Waals surface area contributed by atoms with E-state index in [1.165, 1.54) is 0 Å². The molecule has 0 aliphatic carbocycles. The second kappa shape index (κ2) is 7.49. The average Bonchev–Trinajstić information content (AvgIpc) is 2.38. The number of carboxylic acid groups (broad SMARTS) is 1. The number of rotatable bonds is 7. The molecule has 0 radical (unpaired) electrons. The fraction of sp³-hybridized carbons (Fsp3) is 0.308. The minimum Gasteiger partial charge on any atom is -0.482 e. The summed E-state index contributed by atoms with van der Waals surface area (Å²) >= 11 is 5.89. The van der Waals surface area contributed by atoms with Crippen molar-refractivity contribution in [3.63, 3.8) is 0 Å². The number of nitrogens with one attached hydrogen (secondary N) is 1. The molecule has 114 valence electrons. The Morgan fingerprint density at radius 1 is 1.43 bits per heavy atom. The highest BCUT2D eigenvalue weighted by atomic mass is 35.5. The molecule has 1 unspecified atom stereocenters. The average molecular weight is 315 g/mol. The summed E-state index contributed by atoms with van der Waals surface area (Å²) in [6.45, 7) is 1.41. The number of amides is 2. The van der Waals surface area contributed by atoms with E-state index in [-0.39, 0.29) is 0 Å². The predicted molar refractivity (Wildman–Crippen MR) is 75.1 cm³/mol. The van der Waals surface area contributed by atoms with Crippen molar-refractivity contribution in [1.29, 1.82) is 0 Å². The van der Waals surface area contributed by atoms with Gasteiger partial charge in [-0.15, -0.1) is 0 Å². The van der Waals surface area contributed by atoms with Crippen molar-refractivity contribution in [1.82, 2.24) is 5.32 Å². The number of hydrogen-bond donors (Lipinski definition) is 3. The highest BCUT2D eigenvalue weighted by Gasteiger charge is 2.22. The van der Waals surface area contributed by atoms with Crippen molar-refractivity contribution in [2.24, 2.45) is 5.73 Å². The van der Waals surface area contributed by atoms with Gasteiger partial charge >= 0.3 is 5.97 Å². The second-order valence-electron chi connectivity index (χ2n) is 4.35. The monoisotopic (exact) mass is 314 g/mol. The maximum Gasteiger partial charge on any atom is 0.326 e. The summed E-state index contributed by atoms with van der Waals surface area (Å²) in [5, 5.41) is 11.3. The van der Waals surface area contributed by atoms with Crippen LogP contribution >= 0.6 is 11.6 Å². The molecule has 0 spiro atoms. The molecule has 7 nitrogen and oxygen atoms in total. The molecule has 8 heteroatoms. The SMILES string of the molecule is Cc1ccc(Cl)c(OCC(=O)NC(CC(N)=O)C(=O)O)c1. The van der Waals surface area contributed by atoms with Crippen LogP contribution in [0.15, 0.2) is 18.2 Å². The Balaban J connectivity index is 2.58. The zero-order chi connectivity index (χ0) is 16.0. The Morgan fingerprint density at radius 2 is 2.10 bits per heavy atom. The number of carboxylic acids is 1. The van der Waals surface area contributed by atoms with Crippen molar-refractivity contribution >= 4 is 29.4 Å². The minimum absolute atomic E-state index is 0.314. The molecule has 21 heavy (non-hydrogen) atoms. The number of hydrogen-bond acceptors (Lipinski definition) is 4. The lowest BCUT2D eigenvalue weighted by Gasteiger charge is -2.13. The van der Waals surface area contributed by atoms with Gasteiger partial charge in [0.05, 0.1) is 11.4 Å². The molecule has 2 amide bonds. The molecule has 0 aromatic heterocycles. The minimum atomic E-state index is -1.38. The van der Waals surface area contributed by atoms with E-state index in [4.69, 9.17) is 27.2 Å². The van der Waals surface area contributed by atoms with Gasteiger partial charge in [-0.25, -0.2) is 4.79 Å². The van der Waals surface area contributed by atoms with Gasteiger partial charge in [0.25, 0.3) is 5.91 Å². The molecule has 1 aromatic rings. The first-order chi connectivity index (χ1) is 9.79. The number of nitrogens with two attached hydrogens (primary N) is 1. The van der Waals surface area contributed by atoms with Crippen LogP contribution in [0, 0.1) is 6.92 Å². The van der Waals surface area contributed by atoms with Crippen molar-refractivity contribution in [3.05, 3.63) is 28.8 Å². The Bertz CT molecular complexity index is 561. The topological polar surface area (TPSA) is 119 Å². The molecule has 0 saturated carbocycles. The Kier molecular flexibility index (Phi) is 5.98. The number of ether oxygens (including phenoxy) is 1. The zero-order valence-corrected chi connectivity index (χ0v) is 12.0. The molecule has 0 bridgehead atoms. The van der Waals surface area contributed by atoms with Crippen LogP contribution in [0.1, 0.15) is 12.0 Å². The lowest BCUT2D eigenvalue weighted by molar-refractivity contribution is -0.143. The maximum atomic E-state index is 11.6. The van der Waals surface area contributed by atoms with Crippen LogP contribution in [-0.4, -0.2) is 35.5 Å². The van der Waals surface area contributed by atoms with Crippen LogP contribution in [0.25, 0.3) is 0 Å². The normalized spacial score (nSPS) is 11.5. The number of primary amides is 1. The van der Waals surface area contributed by atoms with Crippen LogP contribution < -0.4 is 15.8 Å². The largest absolute Gasteiger partial charge is 0.482 e. The highest BCUT2D eigenvalue weighted by molar-refractivity contribution is 6.32. The summed E-state index contributed by atoms with van der Waals surface area (Å²) in [4.78, 5) is 33.2. The van der Waals surface area contributed by atoms with Crippen LogP contribution in [-0.2, 0) is 14.4 Å². The molecule has 0 aliphatic heterocycles. The van der Waals surface area contributed by atoms with Gasteiger partial charge < -0.3 is 20.9 Å². The number of benzene rings is 1. The second-order valence-corrected chi connectivity index (χ2v) is 4.76. The third kappa shape index (κ3) is 5.70. The smallest absolute Gasteiger partial charge is 0.326 e. The van der Waals surface area contributed by atoms with Crippen LogP contribution in [0.3, 0.4) is 0 Å². The van der Waals surface area contributed by atoms with Crippen molar-refractivity contribution < 1.29 is 24.2 Å². The number of carbonyl (C=O) groups excluding carboxylic acids is 2. The van der Waals surface area contributed by atoms with Gasteiger partial charge in [0.1, 0.15) is 11.8 Å². The summed E-state index contributed by atoms with van der Waals surface area (Å²) in [5.41, 5.74) is 5.80. The molecule has 0 aliphatic rings. The number of aliphatic carboxylic acids is 1. The number of aryl methyl sites for hydroxylation is 1. The molecule has 4 N–H and O–H groups in total. The lowest BCUT2D eigenvalue weighted by Crippen LogP contribution is -2.45. The first-order valence-electron chi connectivity index (χ1n) is 5.99. The van der Waals surface area contributed by atoms with Gasteiger partial charge in [-0.1, -0.05) is 17.7 Å². The molecule has 1 aromatic carbocycles. The maximum absolute atomic E-state index is 11.6. The van der Waals surface area contributed by atoms with E-state index < -0.39 is 36.9 Å². The Labute approximate surface area is 126 Å². The molecule has 1 atom stereocenters. The first-order valence-corrected chi connectivity index (χ1v) is 6.37. The van der Waals surface area contributed by atoms with E-state index in [1.807, 2.05) is 6.92 Å². The molecule has 1 rings (SSSR count). The third-order valence-electron chi connectivity index (χ3n) is 2.48. The first kappa shape index (κ1) is 16.8. The molecule has 0 fully saturated rings. The quantitative estimate of drug-likeness (QED) is 0.676. The fourth-order valence-electron chi connectivity index (χ4n) is 1.50. The lowest BCUT2D eigenvalue weighted by atomic mass is 10.2. The number of halogens is 1. The van der Waals surface area contributed by atoms with Gasteiger partial charge in [0.2, 0.25) is 5.91 Å². The highest BCUT2D eigenvalue weighted by Crippen LogP contribution is 2.24. The Morgan fingerprint density at radius 3 is 2.67 bits per heavy atom. The van der Waals surface area contributed by atoms with Crippen LogP contribution in [0.4, 0.5) is 0 Å². The van der Waals surface area contributed by atoms with Crippen molar-refractivity contribution in [2.45, 2.75) is 19.4 Å². The van der Waals surface area contributed by atoms with Gasteiger partial charge in [-0.3, -0.25) is 9.59 Å². The molecule has 0 heterocycles. The van der Waals surface area contributed by atoms with E-state index in [0.29, 0.717) is 10.8 Å². The van der Waals surface area contributed by atoms with Gasteiger partial charge in [-0.05, 0) is 24.6 Å². The third-order valence-corrected chi connectivity index (χ3v) is 2.80. The van der Waals surface area contributed by atoms with E-state index in [9.17, 15) is 14.4 Å². The van der Waals surface area contributed by atoms with E-state index in [2.05, 4.69) is 5.32 Å². The fourth-order valence-corrected chi connectivity index (χ4v) is 1.67. The summed E-state index contributed by atoms with van der Waals surface area (Å²) in [6, 6.07) is 3.67. The van der Waals surface area contributed by atoms with Gasteiger partial charge in [0.15, 0.2) is 6.61 Å². The van der Waals surface area contributed by atoms with Crippen molar-refractivity contribution in [3.8, 4) is 5.75 Å². The molecule has 0 saturated heterocycles.